The lowest BCUT2D eigenvalue weighted by atomic mass is 10.1. The fourth-order valence-electron chi connectivity index (χ4n) is 2.82. The molecule has 0 saturated carbocycles. The maximum Gasteiger partial charge on any atom is 0.239 e. The molecule has 1 aliphatic heterocycles. The minimum Gasteiger partial charge on any atom is -0.339 e. The minimum atomic E-state index is -3.48. The van der Waals surface area contributed by atoms with Gasteiger partial charge < -0.3 is 4.90 Å². The highest BCUT2D eigenvalue weighted by atomic mass is 32.2. The molecule has 1 saturated heterocycles. The zero-order valence-corrected chi connectivity index (χ0v) is 13.9. The first-order chi connectivity index (χ1) is 9.31. The average molecular weight is 304 g/mol. The molecule has 1 aliphatic rings. The number of likely N-dealkylation sites (tertiary alicyclic amines) is 1. The van der Waals surface area contributed by atoms with Crippen LogP contribution in [0.2, 0.25) is 0 Å². The summed E-state index contributed by atoms with van der Waals surface area (Å²) < 4.78 is 25.8. The van der Waals surface area contributed by atoms with Crippen LogP contribution in [0.3, 0.4) is 0 Å². The molecule has 1 heterocycles. The quantitative estimate of drug-likeness (QED) is 0.777. The van der Waals surface area contributed by atoms with E-state index in [9.17, 15) is 13.2 Å². The maximum atomic E-state index is 12.4. The third kappa shape index (κ3) is 4.45. The number of rotatable bonds is 5. The van der Waals surface area contributed by atoms with Crippen molar-refractivity contribution < 1.29 is 13.2 Å². The summed E-state index contributed by atoms with van der Waals surface area (Å²) in [5.74, 6) is -0.204. The van der Waals surface area contributed by atoms with Gasteiger partial charge in [-0.05, 0) is 25.7 Å². The van der Waals surface area contributed by atoms with Crippen LogP contribution in [-0.2, 0) is 14.8 Å². The van der Waals surface area contributed by atoms with Gasteiger partial charge in [0.2, 0.25) is 15.9 Å². The highest BCUT2D eigenvalue weighted by molar-refractivity contribution is 7.89. The van der Waals surface area contributed by atoms with Gasteiger partial charge in [0, 0.05) is 25.7 Å². The number of carbonyl (C=O) groups excluding carboxylic acids is 1. The van der Waals surface area contributed by atoms with Crippen LogP contribution >= 0.6 is 0 Å². The van der Waals surface area contributed by atoms with E-state index in [1.165, 1.54) is 4.31 Å². The predicted molar refractivity (Wildman–Crippen MR) is 80.9 cm³/mol. The first-order valence-corrected chi connectivity index (χ1v) is 9.20. The van der Waals surface area contributed by atoms with Gasteiger partial charge in [-0.2, -0.15) is 0 Å². The van der Waals surface area contributed by atoms with Gasteiger partial charge in [0.1, 0.15) is 5.75 Å². The van der Waals surface area contributed by atoms with Crippen LogP contribution in [0.5, 0.6) is 0 Å². The molecule has 1 fully saturated rings. The fourth-order valence-corrected chi connectivity index (χ4v) is 4.27. The van der Waals surface area contributed by atoms with Crippen LogP contribution in [0.15, 0.2) is 0 Å². The van der Waals surface area contributed by atoms with Gasteiger partial charge in [-0.25, -0.2) is 12.7 Å². The van der Waals surface area contributed by atoms with Gasteiger partial charge in [-0.1, -0.05) is 27.2 Å². The van der Waals surface area contributed by atoms with E-state index in [0.717, 1.165) is 19.3 Å². The summed E-state index contributed by atoms with van der Waals surface area (Å²) in [7, 11) is -3.48. The highest BCUT2D eigenvalue weighted by Crippen LogP contribution is 2.21. The molecule has 0 spiro atoms. The third-order valence-corrected chi connectivity index (χ3v) is 6.00. The van der Waals surface area contributed by atoms with E-state index in [4.69, 9.17) is 0 Å². The molecule has 2 atom stereocenters. The molecule has 0 bridgehead atoms. The molecule has 0 aromatic rings. The average Bonchev–Trinajstić information content (AvgIpc) is 2.51. The number of amides is 1. The molecule has 20 heavy (non-hydrogen) atoms. The molecule has 5 nitrogen and oxygen atoms in total. The van der Waals surface area contributed by atoms with Crippen molar-refractivity contribution in [3.63, 3.8) is 0 Å². The van der Waals surface area contributed by atoms with Crippen molar-refractivity contribution >= 4 is 15.9 Å². The molecule has 0 N–H and O–H groups in total. The van der Waals surface area contributed by atoms with Gasteiger partial charge in [0.25, 0.3) is 0 Å². The Morgan fingerprint density at radius 2 is 1.80 bits per heavy atom. The zero-order chi connectivity index (χ0) is 15.3. The van der Waals surface area contributed by atoms with Crippen LogP contribution < -0.4 is 0 Å². The normalized spacial score (nSPS) is 24.8. The molecule has 0 aliphatic carbocycles. The van der Waals surface area contributed by atoms with Gasteiger partial charge >= 0.3 is 0 Å². The Kier molecular flexibility index (Phi) is 6.45. The zero-order valence-electron chi connectivity index (χ0n) is 13.1. The van der Waals surface area contributed by atoms with Crippen LogP contribution in [0.4, 0.5) is 0 Å². The largest absolute Gasteiger partial charge is 0.339 e. The molecular weight excluding hydrogens is 276 g/mol. The Balaban J connectivity index is 2.78. The standard InChI is InChI=1S/C14H28N2O3S/c1-5-15(6-2)20(18,19)11-14(17)16-10-12(3)8-7-9-13(16)4/h12-13H,5-11H2,1-4H3/t12-,13-/m0/s1. The van der Waals surface area contributed by atoms with Crippen molar-refractivity contribution in [2.75, 3.05) is 25.4 Å². The van der Waals surface area contributed by atoms with Crippen LogP contribution in [0.25, 0.3) is 0 Å². The van der Waals surface area contributed by atoms with Gasteiger partial charge in [0.15, 0.2) is 0 Å². The molecule has 1 amide bonds. The molecule has 0 radical (unpaired) electrons. The highest BCUT2D eigenvalue weighted by Gasteiger charge is 2.30. The Morgan fingerprint density at radius 1 is 1.20 bits per heavy atom. The van der Waals surface area contributed by atoms with Crippen LogP contribution in [0.1, 0.15) is 47.0 Å². The molecule has 0 aromatic heterocycles. The first-order valence-electron chi connectivity index (χ1n) is 7.59. The smallest absolute Gasteiger partial charge is 0.239 e. The topological polar surface area (TPSA) is 57.7 Å². The number of hydrogen-bond donors (Lipinski definition) is 0. The van der Waals surface area contributed by atoms with Crippen molar-refractivity contribution in [1.29, 1.82) is 0 Å². The molecule has 6 heteroatoms. The van der Waals surface area contributed by atoms with E-state index >= 15 is 0 Å². The number of carbonyl (C=O) groups is 1. The Hall–Kier alpha value is -0.620. The van der Waals surface area contributed by atoms with E-state index in [2.05, 4.69) is 6.92 Å². The number of sulfonamides is 1. The van der Waals surface area contributed by atoms with Crippen molar-refractivity contribution in [2.45, 2.75) is 53.0 Å². The van der Waals surface area contributed by atoms with Crippen molar-refractivity contribution in [2.24, 2.45) is 5.92 Å². The summed E-state index contributed by atoms with van der Waals surface area (Å²) in [5, 5.41) is 0. The summed E-state index contributed by atoms with van der Waals surface area (Å²) >= 11 is 0. The summed E-state index contributed by atoms with van der Waals surface area (Å²) in [4.78, 5) is 14.1. The monoisotopic (exact) mass is 304 g/mol. The fraction of sp³-hybridized carbons (Fsp3) is 0.929. The lowest BCUT2D eigenvalue weighted by Crippen LogP contribution is -2.45. The summed E-state index contributed by atoms with van der Waals surface area (Å²) in [6, 6.07) is 0.138. The number of hydrogen-bond acceptors (Lipinski definition) is 3. The van der Waals surface area contributed by atoms with Gasteiger partial charge in [-0.15, -0.1) is 0 Å². The minimum absolute atomic E-state index is 0.138. The Labute approximate surface area is 123 Å². The summed E-state index contributed by atoms with van der Waals surface area (Å²) in [6.07, 6.45) is 3.17. The second kappa shape index (κ2) is 7.41. The summed E-state index contributed by atoms with van der Waals surface area (Å²) in [5.41, 5.74) is 0. The molecular formula is C14H28N2O3S. The van der Waals surface area contributed by atoms with Crippen molar-refractivity contribution in [3.8, 4) is 0 Å². The van der Waals surface area contributed by atoms with Crippen molar-refractivity contribution in [3.05, 3.63) is 0 Å². The van der Waals surface area contributed by atoms with Gasteiger partial charge in [-0.3, -0.25) is 4.79 Å². The molecule has 1 rings (SSSR count). The van der Waals surface area contributed by atoms with E-state index in [-0.39, 0.29) is 11.9 Å². The van der Waals surface area contributed by atoms with E-state index in [1.807, 2.05) is 6.92 Å². The SMILES string of the molecule is CCN(CC)S(=O)(=O)CC(=O)N1C[C@@H](C)CCC[C@@H]1C. The van der Waals surface area contributed by atoms with Crippen LogP contribution in [-0.4, -0.2) is 55.0 Å². The Morgan fingerprint density at radius 3 is 2.35 bits per heavy atom. The molecule has 118 valence electrons. The van der Waals surface area contributed by atoms with Crippen LogP contribution in [0, 0.1) is 5.92 Å². The van der Waals surface area contributed by atoms with E-state index in [0.29, 0.717) is 25.6 Å². The lowest BCUT2D eigenvalue weighted by Gasteiger charge is -2.29. The van der Waals surface area contributed by atoms with E-state index < -0.39 is 15.8 Å². The van der Waals surface area contributed by atoms with Gasteiger partial charge in [0.05, 0.1) is 0 Å². The lowest BCUT2D eigenvalue weighted by molar-refractivity contribution is -0.130. The maximum absolute atomic E-state index is 12.4. The first kappa shape index (κ1) is 17.4. The Bertz CT molecular complexity index is 418. The molecule has 0 aromatic carbocycles. The van der Waals surface area contributed by atoms with E-state index in [1.54, 1.807) is 18.7 Å². The third-order valence-electron chi connectivity index (χ3n) is 4.08. The molecule has 0 unspecified atom stereocenters. The number of nitrogens with zero attached hydrogens (tertiary/aromatic N) is 2. The predicted octanol–water partition coefficient (Wildman–Crippen LogP) is 1.70. The van der Waals surface area contributed by atoms with Crippen molar-refractivity contribution in [1.82, 2.24) is 9.21 Å². The second-order valence-electron chi connectivity index (χ2n) is 5.77. The second-order valence-corrected chi connectivity index (χ2v) is 7.74. The summed E-state index contributed by atoms with van der Waals surface area (Å²) in [6.45, 7) is 9.23.